The molecule has 20 atom stereocenters. The lowest BCUT2D eigenvalue weighted by Gasteiger charge is -2.82. The smallest absolute Gasteiger partial charge is 0.252 e. The summed E-state index contributed by atoms with van der Waals surface area (Å²) in [6.45, 7) is 16.7. The molecule has 4 aliphatic carbocycles. The van der Waals surface area contributed by atoms with E-state index in [2.05, 4.69) is 58.0 Å². The zero-order valence-electron chi connectivity index (χ0n) is 70.4. The average molecular weight is 1690 g/mol. The van der Waals surface area contributed by atoms with Crippen molar-refractivity contribution in [1.82, 2.24) is 53.2 Å². The van der Waals surface area contributed by atoms with Gasteiger partial charge in [0, 0.05) is 123 Å². The van der Waals surface area contributed by atoms with Gasteiger partial charge in [-0.2, -0.15) is 0 Å². The van der Waals surface area contributed by atoms with Crippen LogP contribution in [0.1, 0.15) is 171 Å². The van der Waals surface area contributed by atoms with Crippen LogP contribution in [0, 0.1) is 34.0 Å². The first-order valence-electron chi connectivity index (χ1n) is 42.3. The highest BCUT2D eigenvalue weighted by molar-refractivity contribution is 5.85. The van der Waals surface area contributed by atoms with Gasteiger partial charge in [-0.05, 0) is 135 Å². The van der Waals surface area contributed by atoms with Crippen LogP contribution in [0.2, 0.25) is 0 Å². The minimum Gasteiger partial charge on any atom is -0.396 e. The lowest BCUT2D eigenvalue weighted by molar-refractivity contribution is -0.496. The third-order valence-corrected chi connectivity index (χ3v) is 24.6. The topological polar surface area (TPSA) is 566 Å². The molecule has 7 rings (SSSR count). The molecule has 0 spiro atoms. The normalized spacial score (nSPS) is 31.1. The maximum absolute atomic E-state index is 14.8. The third-order valence-electron chi connectivity index (χ3n) is 24.6. The van der Waals surface area contributed by atoms with Crippen LogP contribution in [0.25, 0.3) is 0 Å². The van der Waals surface area contributed by atoms with Crippen LogP contribution in [0.3, 0.4) is 0 Å². The van der Waals surface area contributed by atoms with Crippen LogP contribution in [0.5, 0.6) is 0 Å². The number of hydrogen-bond acceptors (Lipinski definition) is 31. The zero-order chi connectivity index (χ0) is 86.5. The van der Waals surface area contributed by atoms with Gasteiger partial charge < -0.3 is 146 Å². The molecule has 0 aromatic heterocycles. The lowest BCUT2D eigenvalue weighted by atomic mass is 9.32. The van der Waals surface area contributed by atoms with E-state index in [4.69, 9.17) is 53.3 Å². The van der Waals surface area contributed by atoms with E-state index < -0.39 is 150 Å². The molecule has 4 saturated carbocycles. The first-order valence-corrected chi connectivity index (χ1v) is 42.3. The van der Waals surface area contributed by atoms with E-state index in [0.29, 0.717) is 77.5 Å². The van der Waals surface area contributed by atoms with Crippen molar-refractivity contribution in [2.24, 2.45) is 39.9 Å². The van der Waals surface area contributed by atoms with E-state index in [1.54, 1.807) is 20.8 Å². The van der Waals surface area contributed by atoms with Crippen molar-refractivity contribution in [3.63, 3.8) is 0 Å². The summed E-state index contributed by atoms with van der Waals surface area (Å²) in [6.07, 6.45) is -2.72. The van der Waals surface area contributed by atoms with Crippen LogP contribution in [0.4, 0.5) is 0 Å². The SMILES string of the molecule is CCC(C)(OCCC(C)(C)CCNC(=O)CON)C(=O)NC(COCCCNCCCNCCCCCOC1OC(C)(CO)C(O)C(O)C1C)(COCCC(=O)NCCCNC(=O)CCCCOC1OC2C3(CO)C(O)C(O)C3C12NC(C)=O)COCCC(=O)NCCCNC(=O)CCCCOC1OC2C3(CO)C(O)C(O)C3C12NC(C)=O. The Bertz CT molecular complexity index is 3040. The molecule has 7 aliphatic rings. The number of carbonyl (C=O) groups is 8. The number of aliphatic hydroxyl groups excluding tert-OH is 9. The van der Waals surface area contributed by atoms with Crippen molar-refractivity contribution in [3.8, 4) is 0 Å². The molecule has 20 unspecified atom stereocenters. The Labute approximate surface area is 692 Å². The van der Waals surface area contributed by atoms with Crippen molar-refractivity contribution >= 4 is 47.3 Å². The Hall–Kier alpha value is -5.16. The molecule has 0 bridgehead atoms. The molecule has 118 heavy (non-hydrogen) atoms. The zero-order valence-corrected chi connectivity index (χ0v) is 70.4. The predicted octanol–water partition coefficient (Wildman–Crippen LogP) is -4.21. The summed E-state index contributed by atoms with van der Waals surface area (Å²) in [7, 11) is 0. The number of carbonyl (C=O) groups excluding carboxylic acids is 8. The molecule has 680 valence electrons. The van der Waals surface area contributed by atoms with Gasteiger partial charge >= 0.3 is 0 Å². The molecule has 3 heterocycles. The molecule has 3 aliphatic heterocycles. The van der Waals surface area contributed by atoms with Crippen molar-refractivity contribution in [2.45, 2.75) is 266 Å². The van der Waals surface area contributed by atoms with E-state index in [9.17, 15) is 84.3 Å². The van der Waals surface area contributed by atoms with E-state index in [-0.39, 0.29) is 171 Å². The highest BCUT2D eigenvalue weighted by atomic mass is 16.7. The van der Waals surface area contributed by atoms with Crippen LogP contribution >= 0.6 is 0 Å². The predicted molar refractivity (Wildman–Crippen MR) is 421 cm³/mol. The maximum atomic E-state index is 14.8. The lowest BCUT2D eigenvalue weighted by Crippen LogP contribution is -3.01. The fourth-order valence-corrected chi connectivity index (χ4v) is 17.3. The number of nitrogens with two attached hydrogens (primary N) is 1. The molecule has 21 N–H and O–H groups in total. The summed E-state index contributed by atoms with van der Waals surface area (Å²) < 4.78 is 60.6. The molecule has 3 saturated heterocycles. The number of hydrogen-bond donors (Lipinski definition) is 20. The number of rotatable bonds is 64. The van der Waals surface area contributed by atoms with Gasteiger partial charge in [-0.1, -0.05) is 27.7 Å². The monoisotopic (exact) mass is 1690 g/mol. The molecular weight excluding hydrogens is 1550 g/mol. The van der Waals surface area contributed by atoms with Crippen LogP contribution in [-0.4, -0.2) is 340 Å². The molecule has 0 aromatic rings. The van der Waals surface area contributed by atoms with Gasteiger partial charge in [0.2, 0.25) is 41.4 Å². The number of ether oxygens (including phenoxy) is 10. The minimum absolute atomic E-state index is 0.0734. The molecule has 39 heteroatoms. The number of unbranched alkanes of at least 4 members (excludes halogenated alkanes) is 4. The highest BCUT2D eigenvalue weighted by Crippen LogP contribution is 2.74. The van der Waals surface area contributed by atoms with Gasteiger partial charge in [-0.3, -0.25) is 43.2 Å². The van der Waals surface area contributed by atoms with Gasteiger partial charge in [-0.15, -0.1) is 0 Å². The Morgan fingerprint density at radius 3 is 1.38 bits per heavy atom. The van der Waals surface area contributed by atoms with Gasteiger partial charge in [0.15, 0.2) is 18.9 Å². The minimum atomic E-state index is -1.40. The van der Waals surface area contributed by atoms with E-state index >= 15 is 0 Å². The van der Waals surface area contributed by atoms with Crippen molar-refractivity contribution < 1.29 is 137 Å². The molecule has 0 radical (unpaired) electrons. The van der Waals surface area contributed by atoms with Crippen molar-refractivity contribution in [1.29, 1.82) is 0 Å². The van der Waals surface area contributed by atoms with Crippen LogP contribution < -0.4 is 59.1 Å². The average Bonchev–Trinajstić information content (AvgIpc) is 0.630. The second-order valence-electron chi connectivity index (χ2n) is 34.1. The Balaban J connectivity index is 0.857. The van der Waals surface area contributed by atoms with Gasteiger partial charge in [0.1, 0.15) is 52.7 Å². The van der Waals surface area contributed by atoms with Crippen molar-refractivity contribution in [3.05, 3.63) is 0 Å². The maximum Gasteiger partial charge on any atom is 0.252 e. The third kappa shape index (κ3) is 24.7. The van der Waals surface area contributed by atoms with Crippen LogP contribution in [0.15, 0.2) is 0 Å². The van der Waals surface area contributed by atoms with E-state index in [1.165, 1.54) is 13.8 Å². The second kappa shape index (κ2) is 47.1. The van der Waals surface area contributed by atoms with Crippen molar-refractivity contribution in [2.75, 3.05) is 151 Å². The fourth-order valence-electron chi connectivity index (χ4n) is 17.3. The molecule has 0 aromatic carbocycles. The molecular formula is C79H141N11O28. The Morgan fingerprint density at radius 1 is 0.475 bits per heavy atom. The number of fused-ring (bicyclic) bond motifs is 8. The first kappa shape index (κ1) is 99.9. The number of aliphatic hydroxyl groups is 9. The first-order chi connectivity index (χ1) is 56.2. The summed E-state index contributed by atoms with van der Waals surface area (Å²) in [5.74, 6) is 0.627. The standard InChI is InChI=1S/C79H141N11O28/c1-9-73(7,114-42-26-72(5,6)25-35-87-57(100)43-115-80)69(107)90-75(47-108-36-20-30-82-29-17-28-81-27-13-10-14-37-111-66-50(2)58(101)63(104)74(8,44-91)118-66,48-109-40-23-55(98)85-33-18-31-83-53(96)21-11-15-38-112-70-78(88-51(3)94)61-59(102)64(105)76(61,45-92)67(78)116-70)49-110-41-24-56(99)86-34-19-32-84-54(97)22-12-16-39-113-71-79(89-52(4)95)62-60(103)65(106)77(62,46-93)68(79)117-71/h50,58-68,70-71,81-82,91-93,101-106H,9-49,80H2,1-8H3,(H,83,96)(H,84,97)(H,85,98)(H,86,99)(H,87,100)(H,88,94)(H,89,95)(H,90,107). The summed E-state index contributed by atoms with van der Waals surface area (Å²) in [5.41, 5.74) is -8.74. The number of amides is 8. The van der Waals surface area contributed by atoms with Crippen LogP contribution in [-0.2, 0) is 90.6 Å². The Morgan fingerprint density at radius 2 is 0.915 bits per heavy atom. The highest BCUT2D eigenvalue weighted by Gasteiger charge is 2.92. The number of nitrogens with one attached hydrogen (secondary N) is 10. The summed E-state index contributed by atoms with van der Waals surface area (Å²) in [5, 5.41) is 123. The fraction of sp³-hybridized carbons (Fsp3) is 0.899. The van der Waals surface area contributed by atoms with E-state index in [0.717, 1.165) is 45.3 Å². The second-order valence-corrected chi connectivity index (χ2v) is 34.1. The summed E-state index contributed by atoms with van der Waals surface area (Å²) >= 11 is 0. The van der Waals surface area contributed by atoms with E-state index in [1.807, 2.05) is 20.8 Å². The largest absolute Gasteiger partial charge is 0.396 e. The quantitative estimate of drug-likeness (QED) is 0.0203. The molecule has 39 nitrogen and oxygen atoms in total. The molecule has 7 fully saturated rings. The van der Waals surface area contributed by atoms with Gasteiger partial charge in [0.25, 0.3) is 5.91 Å². The molecule has 8 amide bonds. The van der Waals surface area contributed by atoms with Gasteiger partial charge in [-0.25, -0.2) is 5.90 Å². The summed E-state index contributed by atoms with van der Waals surface area (Å²) in [4.78, 5) is 108. The summed E-state index contributed by atoms with van der Waals surface area (Å²) in [6, 6.07) is 0. The Kier molecular flexibility index (Phi) is 39.9. The van der Waals surface area contributed by atoms with Gasteiger partial charge in [0.05, 0.1) is 94.2 Å².